The summed E-state index contributed by atoms with van der Waals surface area (Å²) in [6, 6.07) is 7.10. The number of anilines is 1. The topological polar surface area (TPSA) is 88.1 Å². The maximum absolute atomic E-state index is 12.6. The van der Waals surface area contributed by atoms with Crippen LogP contribution in [0.15, 0.2) is 29.3 Å². The van der Waals surface area contributed by atoms with Gasteiger partial charge < -0.3 is 10.1 Å². The third-order valence-corrected chi connectivity index (χ3v) is 7.39. The first-order valence-corrected chi connectivity index (χ1v) is 11.4. The zero-order chi connectivity index (χ0) is 21.3. The molecule has 0 saturated heterocycles. The number of nitrogens with zero attached hydrogens (tertiary/aromatic N) is 2. The number of amides is 3. The van der Waals surface area contributed by atoms with E-state index in [-0.39, 0.29) is 35.2 Å². The van der Waals surface area contributed by atoms with Crippen molar-refractivity contribution in [1.29, 1.82) is 0 Å². The number of rotatable bonds is 6. The van der Waals surface area contributed by atoms with Gasteiger partial charge in [0.2, 0.25) is 11.8 Å². The van der Waals surface area contributed by atoms with Crippen molar-refractivity contribution < 1.29 is 19.1 Å². The summed E-state index contributed by atoms with van der Waals surface area (Å²) in [5, 5.41) is 3.36. The van der Waals surface area contributed by atoms with E-state index in [2.05, 4.69) is 17.2 Å². The van der Waals surface area contributed by atoms with Gasteiger partial charge in [0, 0.05) is 6.04 Å². The molecule has 160 valence electrons. The van der Waals surface area contributed by atoms with Crippen LogP contribution in [0.2, 0.25) is 0 Å². The van der Waals surface area contributed by atoms with Crippen molar-refractivity contribution >= 4 is 40.3 Å². The predicted octanol–water partition coefficient (Wildman–Crippen LogP) is 2.99. The number of hydrogen-bond donors (Lipinski definition) is 1. The molecule has 30 heavy (non-hydrogen) atoms. The van der Waals surface area contributed by atoms with Gasteiger partial charge in [-0.2, -0.15) is 4.99 Å². The molecule has 2 bridgehead atoms. The number of carbonyl (C=O) groups excluding carboxylic acids is 3. The van der Waals surface area contributed by atoms with Gasteiger partial charge in [0.25, 0.3) is 5.91 Å². The SMILES string of the molecule is COc1ccc(N2C(=O)CC(=O)N=C2SCC(=O)N[C@H](C)[C@@H]2C[C@H]3CC[C@H]2C3)cc1. The number of aliphatic imine (C=N–C) groups is 1. The van der Waals surface area contributed by atoms with Crippen molar-refractivity contribution in [2.45, 2.75) is 45.1 Å². The summed E-state index contributed by atoms with van der Waals surface area (Å²) in [5.41, 5.74) is 0.593. The highest BCUT2D eigenvalue weighted by atomic mass is 32.2. The molecule has 8 heteroatoms. The summed E-state index contributed by atoms with van der Waals surface area (Å²) < 4.78 is 5.16. The lowest BCUT2D eigenvalue weighted by molar-refractivity contribution is -0.126. The second kappa shape index (κ2) is 8.79. The third-order valence-electron chi connectivity index (χ3n) is 6.45. The van der Waals surface area contributed by atoms with Gasteiger partial charge in [0.05, 0.1) is 18.6 Å². The van der Waals surface area contributed by atoms with E-state index in [9.17, 15) is 14.4 Å². The van der Waals surface area contributed by atoms with E-state index in [4.69, 9.17) is 4.74 Å². The highest BCUT2D eigenvalue weighted by molar-refractivity contribution is 8.14. The molecule has 3 amide bonds. The Morgan fingerprint density at radius 3 is 2.67 bits per heavy atom. The summed E-state index contributed by atoms with van der Waals surface area (Å²) in [5.74, 6) is 1.97. The quantitative estimate of drug-likeness (QED) is 0.703. The summed E-state index contributed by atoms with van der Waals surface area (Å²) in [6.07, 6.45) is 4.85. The molecule has 0 unspecified atom stereocenters. The van der Waals surface area contributed by atoms with E-state index < -0.39 is 5.91 Å². The van der Waals surface area contributed by atoms with Gasteiger partial charge in [-0.3, -0.25) is 19.3 Å². The van der Waals surface area contributed by atoms with E-state index in [0.29, 0.717) is 17.4 Å². The molecular weight excluding hydrogens is 402 g/mol. The van der Waals surface area contributed by atoms with E-state index in [1.807, 2.05) is 0 Å². The van der Waals surface area contributed by atoms with E-state index in [1.165, 1.54) is 30.6 Å². The fraction of sp³-hybridized carbons (Fsp3) is 0.545. The molecule has 0 radical (unpaired) electrons. The van der Waals surface area contributed by atoms with Crippen molar-refractivity contribution in [3.8, 4) is 5.75 Å². The molecule has 4 atom stereocenters. The number of carbonyl (C=O) groups is 3. The van der Waals surface area contributed by atoms with Crippen molar-refractivity contribution in [2.75, 3.05) is 17.8 Å². The Bertz CT molecular complexity index is 870. The lowest BCUT2D eigenvalue weighted by atomic mass is 9.84. The second-order valence-corrected chi connectivity index (χ2v) is 9.32. The number of benzene rings is 1. The molecule has 1 aliphatic heterocycles. The molecular formula is C22H27N3O4S. The first-order valence-electron chi connectivity index (χ1n) is 10.4. The van der Waals surface area contributed by atoms with E-state index >= 15 is 0 Å². The van der Waals surface area contributed by atoms with Crippen LogP contribution in [0.4, 0.5) is 5.69 Å². The fourth-order valence-electron chi connectivity index (χ4n) is 5.03. The monoisotopic (exact) mass is 429 g/mol. The number of amidine groups is 1. The minimum Gasteiger partial charge on any atom is -0.497 e. The van der Waals surface area contributed by atoms with Crippen LogP contribution in [-0.4, -0.2) is 41.8 Å². The zero-order valence-electron chi connectivity index (χ0n) is 17.3. The lowest BCUT2D eigenvalue weighted by Gasteiger charge is -2.29. The van der Waals surface area contributed by atoms with Gasteiger partial charge in [-0.05, 0) is 68.2 Å². The smallest absolute Gasteiger partial charge is 0.257 e. The number of hydrogen-bond acceptors (Lipinski definition) is 5. The highest BCUT2D eigenvalue weighted by Gasteiger charge is 2.42. The van der Waals surface area contributed by atoms with Crippen LogP contribution < -0.4 is 15.0 Å². The summed E-state index contributed by atoms with van der Waals surface area (Å²) in [6.45, 7) is 2.09. The van der Waals surface area contributed by atoms with Gasteiger partial charge in [0.1, 0.15) is 12.2 Å². The fourth-order valence-corrected chi connectivity index (χ4v) is 5.88. The average Bonchev–Trinajstić information content (AvgIpc) is 3.36. The molecule has 4 rings (SSSR count). The van der Waals surface area contributed by atoms with Crippen LogP contribution in [0.3, 0.4) is 0 Å². The standard InChI is InChI=1S/C22H27N3O4S/c1-13(18-10-14-3-4-15(18)9-14)23-20(27)12-30-22-24-19(26)11-21(28)25(22)16-5-7-17(29-2)8-6-16/h5-8,13-15,18H,3-4,9-12H2,1-2H3,(H,23,27)/t13-,14+,15+,18+/m1/s1. The van der Waals surface area contributed by atoms with Gasteiger partial charge in [-0.1, -0.05) is 18.2 Å². The highest BCUT2D eigenvalue weighted by Crippen LogP contribution is 2.49. The summed E-state index contributed by atoms with van der Waals surface area (Å²) >= 11 is 1.12. The molecule has 1 aromatic rings. The molecule has 1 aromatic carbocycles. The normalized spacial score (nSPS) is 26.5. The van der Waals surface area contributed by atoms with Crippen molar-refractivity contribution in [2.24, 2.45) is 22.7 Å². The maximum Gasteiger partial charge on any atom is 0.257 e. The van der Waals surface area contributed by atoms with Gasteiger partial charge in [-0.15, -0.1) is 0 Å². The first-order chi connectivity index (χ1) is 14.4. The van der Waals surface area contributed by atoms with Crippen molar-refractivity contribution in [1.82, 2.24) is 5.32 Å². The van der Waals surface area contributed by atoms with Crippen molar-refractivity contribution in [3.63, 3.8) is 0 Å². The number of fused-ring (bicyclic) bond motifs is 2. The Morgan fingerprint density at radius 1 is 1.27 bits per heavy atom. The van der Waals surface area contributed by atoms with Gasteiger partial charge in [0.15, 0.2) is 5.17 Å². The Kier molecular flexibility index (Phi) is 6.13. The molecule has 2 aliphatic carbocycles. The Labute approximate surface area is 180 Å². The van der Waals surface area contributed by atoms with Crippen LogP contribution in [0.5, 0.6) is 5.75 Å². The largest absolute Gasteiger partial charge is 0.497 e. The third kappa shape index (κ3) is 4.38. The molecule has 3 aliphatic rings. The van der Waals surface area contributed by atoms with Crippen LogP contribution in [0, 0.1) is 17.8 Å². The Morgan fingerprint density at radius 2 is 2.03 bits per heavy atom. The second-order valence-electron chi connectivity index (χ2n) is 8.38. The molecule has 2 saturated carbocycles. The van der Waals surface area contributed by atoms with E-state index in [1.54, 1.807) is 31.4 Å². The van der Waals surface area contributed by atoms with Gasteiger partial charge >= 0.3 is 0 Å². The molecule has 1 N–H and O–H groups in total. The Hall–Kier alpha value is -2.35. The van der Waals surface area contributed by atoms with Crippen LogP contribution in [0.1, 0.15) is 39.0 Å². The average molecular weight is 430 g/mol. The Balaban J connectivity index is 1.38. The van der Waals surface area contributed by atoms with Crippen LogP contribution >= 0.6 is 11.8 Å². The molecule has 0 aromatic heterocycles. The first kappa shape index (κ1) is 20.9. The molecule has 7 nitrogen and oxygen atoms in total. The van der Waals surface area contributed by atoms with Crippen LogP contribution in [-0.2, 0) is 14.4 Å². The summed E-state index contributed by atoms with van der Waals surface area (Å²) in [4.78, 5) is 42.4. The number of methoxy groups -OCH3 is 1. The number of ether oxygens (including phenoxy) is 1. The zero-order valence-corrected chi connectivity index (χ0v) is 18.1. The number of nitrogens with one attached hydrogen (secondary N) is 1. The minimum atomic E-state index is -0.483. The predicted molar refractivity (Wildman–Crippen MR) is 117 cm³/mol. The van der Waals surface area contributed by atoms with E-state index in [0.717, 1.165) is 23.6 Å². The van der Waals surface area contributed by atoms with Gasteiger partial charge in [-0.25, -0.2) is 0 Å². The lowest BCUT2D eigenvalue weighted by Crippen LogP contribution is -2.43. The maximum atomic E-state index is 12.6. The minimum absolute atomic E-state index is 0.0990. The number of thioether (sulfide) groups is 1. The molecule has 1 heterocycles. The molecule has 0 spiro atoms. The summed E-state index contributed by atoms with van der Waals surface area (Å²) in [7, 11) is 1.57. The molecule has 2 fully saturated rings. The van der Waals surface area contributed by atoms with Crippen molar-refractivity contribution in [3.05, 3.63) is 24.3 Å². The van der Waals surface area contributed by atoms with Crippen LogP contribution in [0.25, 0.3) is 0 Å².